The maximum Gasteiger partial charge on any atom is 0.194 e. The van der Waals surface area contributed by atoms with Gasteiger partial charge in [0.05, 0.1) is 0 Å². The molecule has 0 saturated heterocycles. The van der Waals surface area contributed by atoms with Crippen LogP contribution in [0.2, 0.25) is 0 Å². The van der Waals surface area contributed by atoms with E-state index in [1.165, 1.54) is 11.1 Å². The maximum atomic E-state index is 15.0. The molecule has 0 amide bonds. The van der Waals surface area contributed by atoms with E-state index in [-0.39, 0.29) is 37.9 Å². The number of rotatable bonds is 1. The summed E-state index contributed by atoms with van der Waals surface area (Å²) in [4.78, 5) is 29.9. The zero-order chi connectivity index (χ0) is 36.8. The van der Waals surface area contributed by atoms with Gasteiger partial charge in [-0.05, 0) is 113 Å². The van der Waals surface area contributed by atoms with Crippen LogP contribution in [0.5, 0.6) is 0 Å². The van der Waals surface area contributed by atoms with Gasteiger partial charge >= 0.3 is 0 Å². The molecule has 0 radical (unpaired) electrons. The van der Waals surface area contributed by atoms with Gasteiger partial charge in [-0.25, -0.2) is 0 Å². The molecule has 0 spiro atoms. The molecule has 0 bridgehead atoms. The van der Waals surface area contributed by atoms with Gasteiger partial charge in [-0.15, -0.1) is 0 Å². The highest BCUT2D eigenvalue weighted by atomic mass is 16.1. The smallest absolute Gasteiger partial charge is 0.194 e. The maximum absolute atomic E-state index is 15.0. The Morgan fingerprint density at radius 2 is 0.580 bits per heavy atom. The lowest BCUT2D eigenvalue weighted by Crippen LogP contribution is -2.20. The average molecular weight is 663 g/mol. The van der Waals surface area contributed by atoms with Crippen LogP contribution in [0.25, 0.3) is 65.3 Å². The van der Waals surface area contributed by atoms with Crippen molar-refractivity contribution in [2.45, 2.75) is 131 Å². The molecule has 7 rings (SSSR count). The Hall–Kier alpha value is -4.04. The van der Waals surface area contributed by atoms with Crippen molar-refractivity contribution in [3.05, 3.63) is 103 Å². The van der Waals surface area contributed by atoms with E-state index in [9.17, 15) is 9.59 Å². The largest absolute Gasteiger partial charge is 0.289 e. The Labute approximate surface area is 298 Å². The van der Waals surface area contributed by atoms with Gasteiger partial charge in [0.2, 0.25) is 0 Å². The van der Waals surface area contributed by atoms with E-state index in [4.69, 9.17) is 0 Å². The highest BCUT2D eigenvalue weighted by Gasteiger charge is 2.33. The molecule has 50 heavy (non-hydrogen) atoms. The molecule has 0 heterocycles. The van der Waals surface area contributed by atoms with Gasteiger partial charge in [-0.3, -0.25) is 9.59 Å². The summed E-state index contributed by atoms with van der Waals surface area (Å²) in [7, 11) is 0. The van der Waals surface area contributed by atoms with E-state index in [1.807, 2.05) is 0 Å². The molecule has 0 unspecified atom stereocenters. The molecule has 0 saturated carbocycles. The van der Waals surface area contributed by atoms with Crippen molar-refractivity contribution in [2.24, 2.45) is 0 Å². The van der Waals surface area contributed by atoms with Gasteiger partial charge < -0.3 is 0 Å². The predicted octanol–water partition coefficient (Wildman–Crippen LogP) is 12.6. The fraction of sp³-hybridized carbons (Fsp3) is 0.417. The van der Waals surface area contributed by atoms with Crippen molar-refractivity contribution in [1.29, 1.82) is 0 Å². The van der Waals surface area contributed by atoms with Gasteiger partial charge in [0.25, 0.3) is 0 Å². The molecule has 0 atom stereocenters. The minimum absolute atomic E-state index is 0.0163. The standard InChI is InChI=1S/C48H54O2/c1-44(2,3)26-16-25(17-27(18-26)45(4,5)6)37-31-19-28(46(7,8)9)21-33-38(31)41-39-32(37)20-29(47(10,11)12)22-34(39)43(50)36-24-30(48(13,14)15)23-35(40(36)41)42(33)49/h16-24H,1-15H3. The van der Waals surface area contributed by atoms with Crippen LogP contribution in [-0.4, -0.2) is 0 Å². The fourth-order valence-corrected chi connectivity index (χ4v) is 7.90. The molecule has 0 aromatic heterocycles. The van der Waals surface area contributed by atoms with Gasteiger partial charge in [0.1, 0.15) is 0 Å². The van der Waals surface area contributed by atoms with Crippen LogP contribution in [0, 0.1) is 0 Å². The average Bonchev–Trinajstić information content (AvgIpc) is 2.98. The second-order valence-electron chi connectivity index (χ2n) is 20.3. The molecule has 5 aromatic rings. The third-order valence-electron chi connectivity index (χ3n) is 11.2. The van der Waals surface area contributed by atoms with Crippen LogP contribution in [0.1, 0.15) is 132 Å². The van der Waals surface area contributed by atoms with Crippen molar-refractivity contribution in [2.75, 3.05) is 0 Å². The first kappa shape index (κ1) is 34.4. The summed E-state index contributed by atoms with van der Waals surface area (Å²) in [6.07, 6.45) is 0. The van der Waals surface area contributed by atoms with Crippen LogP contribution in [0.4, 0.5) is 0 Å². The summed E-state index contributed by atoms with van der Waals surface area (Å²) in [6.45, 7) is 33.5. The lowest BCUT2D eigenvalue weighted by atomic mass is 9.72. The highest BCUT2D eigenvalue weighted by molar-refractivity contribution is 6.34. The summed E-state index contributed by atoms with van der Waals surface area (Å²) < 4.78 is 0. The van der Waals surface area contributed by atoms with Gasteiger partial charge in [0, 0.05) is 43.4 Å². The second-order valence-corrected chi connectivity index (χ2v) is 20.3. The molecular weight excluding hydrogens is 609 g/mol. The normalized spacial score (nSPS) is 14.1. The first-order chi connectivity index (χ1) is 22.8. The van der Waals surface area contributed by atoms with Crippen LogP contribution in [0.3, 0.4) is 0 Å². The topological polar surface area (TPSA) is 34.1 Å². The van der Waals surface area contributed by atoms with E-state index in [0.29, 0.717) is 10.8 Å². The third kappa shape index (κ3) is 5.11. The van der Waals surface area contributed by atoms with Crippen LogP contribution >= 0.6 is 0 Å². The summed E-state index contributed by atoms with van der Waals surface area (Å²) in [5.74, 6) is 0. The fourth-order valence-electron chi connectivity index (χ4n) is 7.90. The second kappa shape index (κ2) is 10.3. The molecular formula is C48H54O2. The molecule has 2 nitrogen and oxygen atoms in total. The van der Waals surface area contributed by atoms with Crippen LogP contribution in [-0.2, 0) is 27.1 Å². The van der Waals surface area contributed by atoms with E-state index < -0.39 is 0 Å². The first-order valence-corrected chi connectivity index (χ1v) is 18.4. The van der Waals surface area contributed by atoms with Gasteiger partial charge in [-0.1, -0.05) is 122 Å². The first-order valence-electron chi connectivity index (χ1n) is 18.4. The SMILES string of the molecule is CC(C)(C)c1cc(-c2c3cc(C(C)(C)C)cc4c(=O)c5cc(C(C)(C)C)cc6c5-c(c34)c3c2cc(C(C)(C)C)cc3c6=O)cc(C(C)(C)C)c1. The molecule has 5 aromatic carbocycles. The lowest BCUT2D eigenvalue weighted by molar-refractivity contribution is 0.569. The van der Waals surface area contributed by atoms with E-state index in [0.717, 1.165) is 71.3 Å². The molecule has 0 aliphatic heterocycles. The summed E-state index contributed by atoms with van der Waals surface area (Å²) >= 11 is 0. The van der Waals surface area contributed by atoms with E-state index >= 15 is 0 Å². The Bertz CT molecular complexity index is 2400. The lowest BCUT2D eigenvalue weighted by Gasteiger charge is -2.30. The van der Waals surface area contributed by atoms with Gasteiger partial charge in [0.15, 0.2) is 10.9 Å². The molecule has 2 heteroatoms. The summed E-state index contributed by atoms with van der Waals surface area (Å²) in [5.41, 5.74) is 9.24. The minimum atomic E-state index is -0.232. The number of hydrogen-bond acceptors (Lipinski definition) is 2. The zero-order valence-corrected chi connectivity index (χ0v) is 33.0. The molecule has 0 N–H and O–H groups in total. The molecule has 2 aliphatic carbocycles. The number of hydrogen-bond donors (Lipinski definition) is 0. The third-order valence-corrected chi connectivity index (χ3v) is 11.2. The monoisotopic (exact) mass is 662 g/mol. The zero-order valence-electron chi connectivity index (χ0n) is 33.0. The van der Waals surface area contributed by atoms with Crippen molar-refractivity contribution >= 4 is 43.1 Å². The van der Waals surface area contributed by atoms with Crippen molar-refractivity contribution in [1.82, 2.24) is 0 Å². The quantitative estimate of drug-likeness (QED) is 0.129. The Kier molecular flexibility index (Phi) is 7.07. The minimum Gasteiger partial charge on any atom is -0.289 e. The predicted molar refractivity (Wildman–Crippen MR) is 218 cm³/mol. The van der Waals surface area contributed by atoms with Crippen molar-refractivity contribution in [3.8, 4) is 22.3 Å². The summed E-state index contributed by atoms with van der Waals surface area (Å²) in [5, 5.41) is 6.97. The van der Waals surface area contributed by atoms with Crippen LogP contribution < -0.4 is 10.9 Å². The Balaban J connectivity index is 1.88. The van der Waals surface area contributed by atoms with Crippen LogP contribution in [0.15, 0.2) is 64.2 Å². The Morgan fingerprint density at radius 3 is 0.900 bits per heavy atom. The molecule has 258 valence electrons. The van der Waals surface area contributed by atoms with Crippen molar-refractivity contribution in [3.63, 3.8) is 0 Å². The van der Waals surface area contributed by atoms with Gasteiger partial charge in [-0.2, -0.15) is 0 Å². The highest BCUT2D eigenvalue weighted by Crippen LogP contribution is 2.52. The van der Waals surface area contributed by atoms with Crippen molar-refractivity contribution < 1.29 is 0 Å². The molecule has 2 aliphatic rings. The number of benzene rings is 7. The van der Waals surface area contributed by atoms with E-state index in [2.05, 4.69) is 158 Å². The Morgan fingerprint density at radius 1 is 0.300 bits per heavy atom. The molecule has 0 fully saturated rings. The van der Waals surface area contributed by atoms with E-state index in [1.54, 1.807) is 0 Å². The summed E-state index contributed by atoms with van der Waals surface area (Å²) in [6, 6.07) is 20.3.